The first-order valence-corrected chi connectivity index (χ1v) is 3.14. The van der Waals surface area contributed by atoms with Crippen molar-refractivity contribution in [3.8, 4) is 0 Å². The Bertz CT molecular complexity index is 303. The Morgan fingerprint density at radius 2 is 2.09 bits per heavy atom. The van der Waals surface area contributed by atoms with E-state index in [0.29, 0.717) is 5.56 Å². The Labute approximate surface area is 63.3 Å². The summed E-state index contributed by atoms with van der Waals surface area (Å²) >= 11 is 0. The van der Waals surface area contributed by atoms with Crippen molar-refractivity contribution in [3.05, 3.63) is 34.2 Å². The van der Waals surface area contributed by atoms with Crippen molar-refractivity contribution in [1.82, 2.24) is 4.57 Å². The van der Waals surface area contributed by atoms with Gasteiger partial charge in [-0.1, -0.05) is 0 Å². The first-order valence-electron chi connectivity index (χ1n) is 3.14. The zero-order valence-corrected chi connectivity index (χ0v) is 6.06. The SMILES string of the molecule is Cn1cc(C(O)O)ccc1=O. The minimum Gasteiger partial charge on any atom is -0.364 e. The van der Waals surface area contributed by atoms with Gasteiger partial charge in [0.25, 0.3) is 0 Å². The lowest BCUT2D eigenvalue weighted by molar-refractivity contribution is -0.0429. The molecule has 4 nitrogen and oxygen atoms in total. The van der Waals surface area contributed by atoms with Crippen LogP contribution in [0.4, 0.5) is 0 Å². The molecule has 2 N–H and O–H groups in total. The second-order valence-corrected chi connectivity index (χ2v) is 2.29. The van der Waals surface area contributed by atoms with E-state index >= 15 is 0 Å². The van der Waals surface area contributed by atoms with Crippen LogP contribution in [0.15, 0.2) is 23.1 Å². The molecule has 0 saturated carbocycles. The van der Waals surface area contributed by atoms with Crippen LogP contribution in [0.1, 0.15) is 11.9 Å². The van der Waals surface area contributed by atoms with Gasteiger partial charge in [0.1, 0.15) is 0 Å². The summed E-state index contributed by atoms with van der Waals surface area (Å²) in [7, 11) is 1.55. The summed E-state index contributed by atoms with van der Waals surface area (Å²) < 4.78 is 1.29. The number of pyridine rings is 1. The molecule has 1 aromatic heterocycles. The van der Waals surface area contributed by atoms with Crippen molar-refractivity contribution < 1.29 is 10.2 Å². The minimum atomic E-state index is -1.51. The molecule has 0 aromatic carbocycles. The summed E-state index contributed by atoms with van der Waals surface area (Å²) in [6.45, 7) is 0. The number of aromatic nitrogens is 1. The van der Waals surface area contributed by atoms with E-state index < -0.39 is 6.29 Å². The second-order valence-electron chi connectivity index (χ2n) is 2.29. The first-order chi connectivity index (χ1) is 5.11. The highest BCUT2D eigenvalue weighted by molar-refractivity contribution is 5.10. The number of aryl methyl sites for hydroxylation is 1. The van der Waals surface area contributed by atoms with Gasteiger partial charge in [0.05, 0.1) is 0 Å². The van der Waals surface area contributed by atoms with Crippen LogP contribution in [0.25, 0.3) is 0 Å². The molecule has 0 unspecified atom stereocenters. The van der Waals surface area contributed by atoms with E-state index in [1.807, 2.05) is 0 Å². The van der Waals surface area contributed by atoms with Gasteiger partial charge in [0.2, 0.25) is 5.56 Å². The Balaban J connectivity index is 3.15. The van der Waals surface area contributed by atoms with Gasteiger partial charge in [-0.3, -0.25) is 4.79 Å². The van der Waals surface area contributed by atoms with Crippen molar-refractivity contribution in [2.75, 3.05) is 0 Å². The topological polar surface area (TPSA) is 62.5 Å². The third-order valence-corrected chi connectivity index (χ3v) is 1.41. The van der Waals surface area contributed by atoms with Crippen LogP contribution in [0, 0.1) is 0 Å². The van der Waals surface area contributed by atoms with E-state index in [4.69, 9.17) is 10.2 Å². The molecule has 0 saturated heterocycles. The summed E-state index contributed by atoms with van der Waals surface area (Å²) in [6.07, 6.45) is -0.130. The number of nitrogens with zero attached hydrogens (tertiary/aromatic N) is 1. The van der Waals surface area contributed by atoms with Gasteiger partial charge in [-0.05, 0) is 6.07 Å². The summed E-state index contributed by atoms with van der Waals surface area (Å²) in [5, 5.41) is 17.4. The Hall–Kier alpha value is -1.13. The third kappa shape index (κ3) is 1.66. The summed E-state index contributed by atoms with van der Waals surface area (Å²) in [6, 6.07) is 2.67. The van der Waals surface area contributed by atoms with Crippen LogP contribution in [0.2, 0.25) is 0 Å². The standard InChI is InChI=1S/C7H9NO3/c1-8-4-5(7(10)11)2-3-6(8)9/h2-4,7,10-11H,1H3. The lowest BCUT2D eigenvalue weighted by atomic mass is 10.3. The van der Waals surface area contributed by atoms with E-state index in [9.17, 15) is 4.79 Å². The van der Waals surface area contributed by atoms with Crippen molar-refractivity contribution in [1.29, 1.82) is 0 Å². The Morgan fingerprint density at radius 3 is 2.55 bits per heavy atom. The normalized spacial score (nSPS) is 10.5. The largest absolute Gasteiger partial charge is 0.364 e. The van der Waals surface area contributed by atoms with E-state index in [1.54, 1.807) is 7.05 Å². The van der Waals surface area contributed by atoms with Crippen LogP contribution in [-0.4, -0.2) is 14.8 Å². The van der Waals surface area contributed by atoms with Crippen molar-refractivity contribution in [2.45, 2.75) is 6.29 Å². The highest BCUT2D eigenvalue weighted by Gasteiger charge is 2.01. The number of hydrogen-bond donors (Lipinski definition) is 2. The van der Waals surface area contributed by atoms with Crippen LogP contribution < -0.4 is 5.56 Å². The zero-order chi connectivity index (χ0) is 8.43. The maximum absolute atomic E-state index is 10.8. The van der Waals surface area contributed by atoms with Crippen LogP contribution >= 0.6 is 0 Å². The third-order valence-electron chi connectivity index (χ3n) is 1.41. The average molecular weight is 155 g/mol. The van der Waals surface area contributed by atoms with E-state index in [1.165, 1.54) is 22.9 Å². The molecule has 60 valence electrons. The molecular weight excluding hydrogens is 146 g/mol. The summed E-state index contributed by atoms with van der Waals surface area (Å²) in [5.74, 6) is 0. The molecule has 1 heterocycles. The van der Waals surface area contributed by atoms with Gasteiger partial charge in [0, 0.05) is 24.9 Å². The molecule has 0 aliphatic rings. The van der Waals surface area contributed by atoms with Gasteiger partial charge in [-0.25, -0.2) is 0 Å². The molecule has 4 heteroatoms. The lowest BCUT2D eigenvalue weighted by Gasteiger charge is -2.03. The average Bonchev–Trinajstić information content (AvgIpc) is 1.94. The molecule has 0 amide bonds. The zero-order valence-electron chi connectivity index (χ0n) is 6.06. The van der Waals surface area contributed by atoms with Crippen LogP contribution in [0.5, 0.6) is 0 Å². The Kier molecular flexibility index (Phi) is 2.07. The fraction of sp³-hybridized carbons (Fsp3) is 0.286. The Morgan fingerprint density at radius 1 is 1.45 bits per heavy atom. The summed E-state index contributed by atoms with van der Waals surface area (Å²) in [5.41, 5.74) is 0.140. The molecule has 1 aromatic rings. The number of aliphatic hydroxyl groups is 2. The van der Waals surface area contributed by atoms with Gasteiger partial charge in [-0.15, -0.1) is 0 Å². The fourth-order valence-electron chi connectivity index (χ4n) is 0.768. The maximum Gasteiger partial charge on any atom is 0.250 e. The van der Waals surface area contributed by atoms with Crippen molar-refractivity contribution >= 4 is 0 Å². The number of rotatable bonds is 1. The molecule has 0 spiro atoms. The molecule has 1 rings (SSSR count). The molecule has 0 bridgehead atoms. The monoisotopic (exact) mass is 155 g/mol. The molecule has 0 atom stereocenters. The molecule has 0 fully saturated rings. The fourth-order valence-corrected chi connectivity index (χ4v) is 0.768. The molecule has 0 radical (unpaired) electrons. The summed E-state index contributed by atoms with van der Waals surface area (Å²) in [4.78, 5) is 10.8. The van der Waals surface area contributed by atoms with Crippen LogP contribution in [0.3, 0.4) is 0 Å². The second kappa shape index (κ2) is 2.86. The molecular formula is C7H9NO3. The van der Waals surface area contributed by atoms with Crippen molar-refractivity contribution in [3.63, 3.8) is 0 Å². The smallest absolute Gasteiger partial charge is 0.250 e. The van der Waals surface area contributed by atoms with Gasteiger partial charge in [0.15, 0.2) is 6.29 Å². The van der Waals surface area contributed by atoms with E-state index in [2.05, 4.69) is 0 Å². The van der Waals surface area contributed by atoms with E-state index in [-0.39, 0.29) is 5.56 Å². The van der Waals surface area contributed by atoms with Crippen LogP contribution in [-0.2, 0) is 7.05 Å². The first kappa shape index (κ1) is 7.97. The highest BCUT2D eigenvalue weighted by Crippen LogP contribution is 2.04. The van der Waals surface area contributed by atoms with Gasteiger partial charge in [-0.2, -0.15) is 0 Å². The number of hydrogen-bond acceptors (Lipinski definition) is 3. The molecule has 0 aliphatic heterocycles. The lowest BCUT2D eigenvalue weighted by Crippen LogP contribution is -2.15. The molecule has 11 heavy (non-hydrogen) atoms. The van der Waals surface area contributed by atoms with Crippen molar-refractivity contribution in [2.24, 2.45) is 7.05 Å². The van der Waals surface area contributed by atoms with E-state index in [0.717, 1.165) is 0 Å². The van der Waals surface area contributed by atoms with Gasteiger partial charge >= 0.3 is 0 Å². The predicted molar refractivity (Wildman–Crippen MR) is 38.9 cm³/mol. The highest BCUT2D eigenvalue weighted by atomic mass is 16.5. The predicted octanol–water partition coefficient (Wildman–Crippen LogP) is -0.631. The number of aliphatic hydroxyl groups excluding tert-OH is 1. The maximum atomic E-state index is 10.8. The van der Waals surface area contributed by atoms with Gasteiger partial charge < -0.3 is 14.8 Å². The minimum absolute atomic E-state index is 0.172. The molecule has 0 aliphatic carbocycles. The quantitative estimate of drug-likeness (QED) is 0.531.